The molecule has 2 aromatic rings. The van der Waals surface area contributed by atoms with Crippen molar-refractivity contribution >= 4 is 35.8 Å². The summed E-state index contributed by atoms with van der Waals surface area (Å²) in [6.45, 7) is 11.1. The molecule has 3 atom stereocenters. The predicted octanol–water partition coefficient (Wildman–Crippen LogP) is 7.03. The predicted molar refractivity (Wildman–Crippen MR) is 171 cm³/mol. The van der Waals surface area contributed by atoms with Gasteiger partial charge in [-0.25, -0.2) is 4.39 Å². The lowest BCUT2D eigenvalue weighted by molar-refractivity contribution is -0.131. The number of nitrogens with one attached hydrogen (secondary N) is 2. The van der Waals surface area contributed by atoms with Crippen molar-refractivity contribution in [2.75, 3.05) is 13.6 Å². The van der Waals surface area contributed by atoms with Crippen molar-refractivity contribution in [3.05, 3.63) is 70.0 Å². The van der Waals surface area contributed by atoms with E-state index in [4.69, 9.17) is 27.7 Å². The summed E-state index contributed by atoms with van der Waals surface area (Å²) in [4.78, 5) is 31.3. The number of aldehydes is 1. The molecule has 230 valence electrons. The van der Waals surface area contributed by atoms with Gasteiger partial charge in [0.25, 0.3) is 0 Å². The molecule has 7 nitrogen and oxygen atoms in total. The molecule has 1 amide bonds. The SMILES string of the molecule is C/C(=N\C1(N(C=O)C(CCC(C)C)c2ccc(C=O)cc2)CC(C)CC(C)C1)c1cc(F)cc(Cl)c1.CNCC(=N)N. The lowest BCUT2D eigenvalue weighted by atomic mass is 9.74. The van der Waals surface area contributed by atoms with Gasteiger partial charge in [-0.2, -0.15) is 0 Å². The highest BCUT2D eigenvalue weighted by Gasteiger charge is 2.45. The minimum absolute atomic E-state index is 0.178. The van der Waals surface area contributed by atoms with Crippen LogP contribution in [-0.2, 0) is 4.79 Å². The van der Waals surface area contributed by atoms with E-state index in [9.17, 15) is 14.0 Å². The number of amides is 1. The molecule has 0 heterocycles. The second-order valence-electron chi connectivity index (χ2n) is 12.0. The van der Waals surface area contributed by atoms with Crippen molar-refractivity contribution in [2.45, 2.75) is 78.4 Å². The molecule has 3 rings (SSSR count). The highest BCUT2D eigenvalue weighted by molar-refractivity contribution is 6.31. The normalized spacial score (nSPS) is 21.2. The summed E-state index contributed by atoms with van der Waals surface area (Å²) in [5.74, 6) is 0.968. The number of carbonyl (C=O) groups is 2. The summed E-state index contributed by atoms with van der Waals surface area (Å²) in [6, 6.07) is 11.7. The summed E-state index contributed by atoms with van der Waals surface area (Å²) in [6.07, 6.45) is 6.00. The van der Waals surface area contributed by atoms with Crippen molar-refractivity contribution in [1.82, 2.24) is 10.2 Å². The number of nitrogens with zero attached hydrogens (tertiary/aromatic N) is 2. The molecule has 4 N–H and O–H groups in total. The highest BCUT2D eigenvalue weighted by atomic mass is 35.5. The van der Waals surface area contributed by atoms with Crippen LogP contribution in [0.4, 0.5) is 4.39 Å². The molecule has 42 heavy (non-hydrogen) atoms. The van der Waals surface area contributed by atoms with Gasteiger partial charge in [0.05, 0.1) is 12.6 Å². The van der Waals surface area contributed by atoms with Gasteiger partial charge in [-0.1, -0.05) is 63.6 Å². The fraction of sp³-hybridized carbons (Fsp3) is 0.515. The van der Waals surface area contributed by atoms with Crippen LogP contribution < -0.4 is 11.1 Å². The van der Waals surface area contributed by atoms with Crippen LogP contribution in [0.15, 0.2) is 47.5 Å². The third kappa shape index (κ3) is 10.3. The van der Waals surface area contributed by atoms with E-state index in [1.165, 1.54) is 12.1 Å². The number of nitrogens with two attached hydrogens (primary N) is 1. The van der Waals surface area contributed by atoms with Crippen LogP contribution in [0.5, 0.6) is 0 Å². The molecule has 1 saturated carbocycles. The third-order valence-corrected chi connectivity index (χ3v) is 7.80. The topological polar surface area (TPSA) is 112 Å². The van der Waals surface area contributed by atoms with Crippen molar-refractivity contribution in [1.29, 1.82) is 5.41 Å². The standard InChI is InChI=1S/C30H38ClFN2O2.C3H9N3/c1-20(2)6-11-29(25-9-7-24(18-35)8-10-25)34(19-36)30(16-21(3)12-22(4)17-30)33-23(5)26-13-27(31)15-28(32)14-26;1-6-2-3(4)5/h7-10,13-15,18-22,29H,6,11-12,16-17H2,1-5H3;6H,2H2,1H3,(H3,4,5)/b33-23+;. The average molecular weight is 600 g/mol. The first-order valence-electron chi connectivity index (χ1n) is 14.6. The van der Waals surface area contributed by atoms with Crippen LogP contribution in [0.3, 0.4) is 0 Å². The number of aliphatic imine (C=N–C) groups is 1. The lowest BCUT2D eigenvalue weighted by Crippen LogP contribution is -2.53. The zero-order chi connectivity index (χ0) is 31.4. The van der Waals surface area contributed by atoms with Gasteiger partial charge in [-0.3, -0.25) is 20.0 Å². The number of rotatable bonds is 12. The van der Waals surface area contributed by atoms with Crippen molar-refractivity contribution < 1.29 is 14.0 Å². The van der Waals surface area contributed by atoms with Crippen LogP contribution in [-0.4, -0.2) is 48.4 Å². The van der Waals surface area contributed by atoms with E-state index < -0.39 is 11.5 Å². The van der Waals surface area contributed by atoms with E-state index in [1.54, 1.807) is 25.2 Å². The van der Waals surface area contributed by atoms with Crippen LogP contribution in [0.2, 0.25) is 5.02 Å². The minimum atomic E-state index is -0.771. The molecule has 0 spiro atoms. The first kappa shape index (κ1) is 35.1. The van der Waals surface area contributed by atoms with Gasteiger partial charge in [-0.05, 0) is 93.2 Å². The van der Waals surface area contributed by atoms with Gasteiger partial charge in [0, 0.05) is 16.3 Å². The van der Waals surface area contributed by atoms with E-state index in [-0.39, 0.29) is 11.9 Å². The Morgan fingerprint density at radius 3 is 2.24 bits per heavy atom. The molecule has 0 bridgehead atoms. The van der Waals surface area contributed by atoms with Crippen molar-refractivity contribution in [2.24, 2.45) is 28.5 Å². The quantitative estimate of drug-likeness (QED) is 0.138. The first-order chi connectivity index (χ1) is 19.8. The van der Waals surface area contributed by atoms with Gasteiger partial charge in [-0.15, -0.1) is 0 Å². The molecule has 1 aliphatic carbocycles. The lowest BCUT2D eigenvalue weighted by Gasteiger charge is -2.49. The maximum atomic E-state index is 14.2. The fourth-order valence-corrected chi connectivity index (χ4v) is 6.18. The molecular formula is C33H47ClFN5O2. The molecular weight excluding hydrogens is 553 g/mol. The van der Waals surface area contributed by atoms with E-state index in [2.05, 4.69) is 33.0 Å². The number of carbonyl (C=O) groups excluding carboxylic acids is 2. The number of hydrogen-bond donors (Lipinski definition) is 3. The zero-order valence-electron chi connectivity index (χ0n) is 25.8. The molecule has 0 aromatic heterocycles. The summed E-state index contributed by atoms with van der Waals surface area (Å²) in [7, 11) is 1.75. The number of hydrogen-bond acceptors (Lipinski definition) is 5. The monoisotopic (exact) mass is 599 g/mol. The van der Waals surface area contributed by atoms with Crippen molar-refractivity contribution in [3.8, 4) is 0 Å². The molecule has 1 aliphatic rings. The second-order valence-corrected chi connectivity index (χ2v) is 12.5. The molecule has 3 unspecified atom stereocenters. The van der Waals surface area contributed by atoms with Crippen LogP contribution >= 0.6 is 11.6 Å². The Labute approximate surface area is 255 Å². The number of likely N-dealkylation sites (N-methyl/N-ethyl adjacent to an activating group) is 1. The summed E-state index contributed by atoms with van der Waals surface area (Å²) in [5.41, 5.74) is 7.01. The fourth-order valence-electron chi connectivity index (χ4n) is 5.96. The Bertz CT molecular complexity index is 1190. The van der Waals surface area contributed by atoms with Crippen LogP contribution in [0.1, 0.15) is 94.2 Å². The van der Waals surface area contributed by atoms with Gasteiger partial charge in [0.15, 0.2) is 0 Å². The number of benzene rings is 2. The first-order valence-corrected chi connectivity index (χ1v) is 15.0. The Hall–Kier alpha value is -3.10. The molecule has 0 saturated heterocycles. The van der Waals surface area contributed by atoms with E-state index in [0.29, 0.717) is 46.2 Å². The van der Waals surface area contributed by atoms with Crippen LogP contribution in [0, 0.1) is 29.0 Å². The Morgan fingerprint density at radius 1 is 1.17 bits per heavy atom. The summed E-state index contributed by atoms with van der Waals surface area (Å²) >= 11 is 6.15. The van der Waals surface area contributed by atoms with E-state index in [1.807, 2.05) is 24.0 Å². The molecule has 1 fully saturated rings. The van der Waals surface area contributed by atoms with Gasteiger partial charge in [0.2, 0.25) is 6.41 Å². The summed E-state index contributed by atoms with van der Waals surface area (Å²) in [5, 5.41) is 9.64. The van der Waals surface area contributed by atoms with Gasteiger partial charge < -0.3 is 16.0 Å². The Balaban J connectivity index is 0.000000928. The minimum Gasteiger partial charge on any atom is -0.387 e. The molecule has 2 aromatic carbocycles. The largest absolute Gasteiger partial charge is 0.387 e. The molecule has 0 radical (unpaired) electrons. The Morgan fingerprint density at radius 2 is 1.79 bits per heavy atom. The molecule has 9 heteroatoms. The molecule has 0 aliphatic heterocycles. The maximum Gasteiger partial charge on any atom is 0.212 e. The second kappa shape index (κ2) is 16.5. The van der Waals surface area contributed by atoms with Gasteiger partial charge in [0.1, 0.15) is 23.6 Å². The van der Waals surface area contributed by atoms with E-state index >= 15 is 0 Å². The average Bonchev–Trinajstić information content (AvgIpc) is 2.90. The maximum absolute atomic E-state index is 14.2. The highest BCUT2D eigenvalue weighted by Crippen LogP contribution is 2.45. The number of amidine groups is 1. The van der Waals surface area contributed by atoms with Crippen molar-refractivity contribution in [3.63, 3.8) is 0 Å². The Kier molecular flexibility index (Phi) is 13.8. The smallest absolute Gasteiger partial charge is 0.212 e. The van der Waals surface area contributed by atoms with E-state index in [0.717, 1.165) is 50.4 Å². The third-order valence-electron chi connectivity index (χ3n) is 7.58. The summed E-state index contributed by atoms with van der Waals surface area (Å²) < 4.78 is 14.2. The van der Waals surface area contributed by atoms with Crippen LogP contribution in [0.25, 0.3) is 0 Å². The van der Waals surface area contributed by atoms with Gasteiger partial charge >= 0.3 is 0 Å². The number of halogens is 2. The zero-order valence-corrected chi connectivity index (χ0v) is 26.5.